The molecule has 0 bridgehead atoms. The summed E-state index contributed by atoms with van der Waals surface area (Å²) in [5.74, 6) is 0.179. The van der Waals surface area contributed by atoms with Gasteiger partial charge in [0.1, 0.15) is 22.8 Å². The second kappa shape index (κ2) is 7.88. The zero-order valence-electron chi connectivity index (χ0n) is 15.5. The van der Waals surface area contributed by atoms with Gasteiger partial charge in [0.05, 0.1) is 10.6 Å². The van der Waals surface area contributed by atoms with Gasteiger partial charge in [0.15, 0.2) is 0 Å². The molecular weight excluding hydrogens is 386 g/mol. The summed E-state index contributed by atoms with van der Waals surface area (Å²) in [6.45, 7) is 0. The normalized spacial score (nSPS) is 10.5. The Bertz CT molecular complexity index is 1200. The van der Waals surface area contributed by atoms with Crippen molar-refractivity contribution >= 4 is 11.7 Å². The molecule has 1 aromatic heterocycles. The number of carboxylic acid groups (broad SMARTS) is 1. The lowest BCUT2D eigenvalue weighted by molar-refractivity contribution is -0.384. The van der Waals surface area contributed by atoms with Gasteiger partial charge in [0.2, 0.25) is 0 Å². The number of nitro groups is 1. The highest BCUT2D eigenvalue weighted by atomic mass is 16.6. The third-order valence-corrected chi connectivity index (χ3v) is 4.38. The van der Waals surface area contributed by atoms with Crippen molar-refractivity contribution in [3.05, 3.63) is 101 Å². The van der Waals surface area contributed by atoms with Crippen molar-refractivity contribution in [2.24, 2.45) is 0 Å². The van der Waals surface area contributed by atoms with Crippen LogP contribution in [0.15, 0.2) is 85.1 Å². The van der Waals surface area contributed by atoms with Crippen molar-refractivity contribution in [1.29, 1.82) is 0 Å². The summed E-state index contributed by atoms with van der Waals surface area (Å²) in [6.07, 6.45) is 1.38. The molecule has 8 heteroatoms. The van der Waals surface area contributed by atoms with Gasteiger partial charge in [-0.05, 0) is 48.5 Å². The summed E-state index contributed by atoms with van der Waals surface area (Å²) in [6, 6.07) is 21.9. The van der Waals surface area contributed by atoms with Gasteiger partial charge < -0.3 is 9.84 Å². The number of non-ortho nitro benzene ring substituents is 1. The van der Waals surface area contributed by atoms with Gasteiger partial charge in [-0.15, -0.1) is 0 Å². The van der Waals surface area contributed by atoms with Crippen LogP contribution in [0.4, 0.5) is 5.69 Å². The van der Waals surface area contributed by atoms with E-state index in [9.17, 15) is 20.0 Å². The number of ether oxygens (including phenoxy) is 1. The summed E-state index contributed by atoms with van der Waals surface area (Å²) in [4.78, 5) is 22.0. The van der Waals surface area contributed by atoms with E-state index in [-0.39, 0.29) is 16.9 Å². The molecule has 1 N–H and O–H groups in total. The van der Waals surface area contributed by atoms with Crippen molar-refractivity contribution < 1.29 is 19.6 Å². The van der Waals surface area contributed by atoms with E-state index >= 15 is 0 Å². The second-order valence-corrected chi connectivity index (χ2v) is 6.35. The van der Waals surface area contributed by atoms with Gasteiger partial charge in [0.25, 0.3) is 5.69 Å². The fourth-order valence-electron chi connectivity index (χ4n) is 2.91. The Kier molecular flexibility index (Phi) is 4.96. The van der Waals surface area contributed by atoms with Gasteiger partial charge in [-0.25, -0.2) is 9.48 Å². The number of para-hydroxylation sites is 1. The molecule has 4 rings (SSSR count). The molecule has 0 aliphatic heterocycles. The molecule has 0 saturated heterocycles. The maximum atomic E-state index is 11.7. The van der Waals surface area contributed by atoms with Crippen molar-refractivity contribution in [3.63, 3.8) is 0 Å². The summed E-state index contributed by atoms with van der Waals surface area (Å²) in [5, 5.41) is 24.8. The van der Waals surface area contributed by atoms with E-state index in [4.69, 9.17) is 4.74 Å². The molecule has 30 heavy (non-hydrogen) atoms. The molecule has 1 heterocycles. The minimum atomic E-state index is -1.12. The lowest BCUT2D eigenvalue weighted by Crippen LogP contribution is -1.96. The molecule has 148 valence electrons. The zero-order chi connectivity index (χ0) is 21.1. The first-order chi connectivity index (χ1) is 14.5. The summed E-state index contributed by atoms with van der Waals surface area (Å²) in [7, 11) is 0. The van der Waals surface area contributed by atoms with Gasteiger partial charge in [-0.2, -0.15) is 5.10 Å². The topological polar surface area (TPSA) is 107 Å². The Balaban J connectivity index is 1.65. The Morgan fingerprint density at radius 3 is 2.17 bits per heavy atom. The van der Waals surface area contributed by atoms with Crippen molar-refractivity contribution in [2.45, 2.75) is 0 Å². The first-order valence-corrected chi connectivity index (χ1v) is 8.92. The average molecular weight is 401 g/mol. The molecule has 0 fully saturated rings. The number of carboxylic acids is 1. The van der Waals surface area contributed by atoms with Crippen LogP contribution in [0.3, 0.4) is 0 Å². The monoisotopic (exact) mass is 401 g/mol. The van der Waals surface area contributed by atoms with E-state index in [1.54, 1.807) is 24.3 Å². The summed E-state index contributed by atoms with van der Waals surface area (Å²) >= 11 is 0. The Morgan fingerprint density at radius 2 is 1.57 bits per heavy atom. The predicted octanol–water partition coefficient (Wildman–Crippen LogP) is 4.94. The number of aromatic nitrogens is 2. The van der Waals surface area contributed by atoms with E-state index in [2.05, 4.69) is 5.10 Å². The van der Waals surface area contributed by atoms with E-state index in [1.807, 2.05) is 30.3 Å². The van der Waals surface area contributed by atoms with Crippen LogP contribution < -0.4 is 4.74 Å². The SMILES string of the molecule is O=C(O)c1cn(-c2ccc([N+](=O)[O-])cc2)nc1-c1ccc(Oc2ccccc2)cc1. The highest BCUT2D eigenvalue weighted by molar-refractivity contribution is 5.94. The number of nitro benzene ring substituents is 1. The molecule has 0 radical (unpaired) electrons. The molecule has 0 atom stereocenters. The maximum Gasteiger partial charge on any atom is 0.339 e. The van der Waals surface area contributed by atoms with Gasteiger partial charge in [-0.1, -0.05) is 18.2 Å². The first kappa shape index (κ1) is 18.9. The standard InChI is InChI=1S/C22H15N3O5/c26-22(27)20-14-24(16-8-10-17(11-9-16)25(28)29)23-21(20)15-6-12-19(13-7-15)30-18-4-2-1-3-5-18/h1-14H,(H,26,27). The highest BCUT2D eigenvalue weighted by Crippen LogP contribution is 2.28. The third-order valence-electron chi connectivity index (χ3n) is 4.38. The molecule has 0 aliphatic carbocycles. The van der Waals surface area contributed by atoms with Gasteiger partial charge in [0, 0.05) is 23.9 Å². The van der Waals surface area contributed by atoms with E-state index in [0.29, 0.717) is 22.7 Å². The molecule has 0 unspecified atom stereocenters. The largest absolute Gasteiger partial charge is 0.478 e. The highest BCUT2D eigenvalue weighted by Gasteiger charge is 2.18. The molecule has 0 saturated carbocycles. The maximum absolute atomic E-state index is 11.7. The fourth-order valence-corrected chi connectivity index (χ4v) is 2.91. The zero-order valence-corrected chi connectivity index (χ0v) is 15.5. The molecule has 3 aromatic carbocycles. The molecule has 0 amide bonds. The smallest absolute Gasteiger partial charge is 0.339 e. The van der Waals surface area contributed by atoms with Crippen LogP contribution >= 0.6 is 0 Å². The molecular formula is C22H15N3O5. The Hall–Kier alpha value is -4.46. The van der Waals surface area contributed by atoms with E-state index < -0.39 is 10.9 Å². The lowest BCUT2D eigenvalue weighted by atomic mass is 10.1. The minimum absolute atomic E-state index is 0.0186. The molecule has 0 spiro atoms. The quantitative estimate of drug-likeness (QED) is 0.362. The number of rotatable bonds is 6. The number of hydrogen-bond donors (Lipinski definition) is 1. The van der Waals surface area contributed by atoms with Crippen LogP contribution in [0.5, 0.6) is 11.5 Å². The van der Waals surface area contributed by atoms with Crippen LogP contribution in [-0.2, 0) is 0 Å². The van der Waals surface area contributed by atoms with Crippen molar-refractivity contribution in [3.8, 4) is 28.4 Å². The van der Waals surface area contributed by atoms with Crippen molar-refractivity contribution in [2.75, 3.05) is 0 Å². The first-order valence-electron chi connectivity index (χ1n) is 8.92. The molecule has 0 aliphatic rings. The van der Waals surface area contributed by atoms with Crippen LogP contribution in [0.2, 0.25) is 0 Å². The second-order valence-electron chi connectivity index (χ2n) is 6.35. The number of benzene rings is 3. The van der Waals surface area contributed by atoms with Gasteiger partial charge >= 0.3 is 5.97 Å². The van der Waals surface area contributed by atoms with Crippen molar-refractivity contribution in [1.82, 2.24) is 9.78 Å². The minimum Gasteiger partial charge on any atom is -0.478 e. The fraction of sp³-hybridized carbons (Fsp3) is 0. The Labute approximate surface area is 170 Å². The van der Waals surface area contributed by atoms with E-state index in [0.717, 1.165) is 0 Å². The number of aromatic carboxylic acids is 1. The number of carbonyl (C=O) groups is 1. The Morgan fingerprint density at radius 1 is 0.933 bits per heavy atom. The van der Waals surface area contributed by atoms with Gasteiger partial charge in [-0.3, -0.25) is 10.1 Å². The lowest BCUT2D eigenvalue weighted by Gasteiger charge is -2.06. The number of hydrogen-bond acceptors (Lipinski definition) is 5. The average Bonchev–Trinajstić information content (AvgIpc) is 3.21. The third kappa shape index (κ3) is 3.88. The van der Waals surface area contributed by atoms with Crippen LogP contribution in [-0.4, -0.2) is 25.8 Å². The predicted molar refractivity (Wildman–Crippen MR) is 109 cm³/mol. The molecule has 4 aromatic rings. The van der Waals surface area contributed by atoms with Crippen LogP contribution in [0.25, 0.3) is 16.9 Å². The molecule has 8 nitrogen and oxygen atoms in total. The van der Waals surface area contributed by atoms with E-state index in [1.165, 1.54) is 35.1 Å². The van der Waals surface area contributed by atoms with Crippen LogP contribution in [0, 0.1) is 10.1 Å². The summed E-state index contributed by atoms with van der Waals surface area (Å²) < 4.78 is 7.14. The van der Waals surface area contributed by atoms with Crippen LogP contribution in [0.1, 0.15) is 10.4 Å². The summed E-state index contributed by atoms with van der Waals surface area (Å²) in [5.41, 5.74) is 1.36. The number of nitrogens with zero attached hydrogens (tertiary/aromatic N) is 3.